The summed E-state index contributed by atoms with van der Waals surface area (Å²) in [4.78, 5) is 19.5. The first-order valence-corrected chi connectivity index (χ1v) is 8.29. The summed E-state index contributed by atoms with van der Waals surface area (Å²) in [6, 6.07) is 8.33. The highest BCUT2D eigenvalue weighted by Crippen LogP contribution is 2.40. The molecule has 0 spiro atoms. The molecule has 3 heterocycles. The van der Waals surface area contributed by atoms with Crippen molar-refractivity contribution in [2.75, 3.05) is 24.7 Å². The number of carbonyl (C=O) groups excluding carboxylic acids is 1. The van der Waals surface area contributed by atoms with Crippen molar-refractivity contribution in [3.8, 4) is 0 Å². The Morgan fingerprint density at radius 2 is 2.08 bits per heavy atom. The highest BCUT2D eigenvalue weighted by molar-refractivity contribution is 6.02. The Balaban J connectivity index is 1.76. The monoisotopic (exact) mass is 326 g/mol. The lowest BCUT2D eigenvalue weighted by atomic mass is 9.73. The van der Waals surface area contributed by atoms with Gasteiger partial charge in [-0.25, -0.2) is 4.39 Å². The van der Waals surface area contributed by atoms with E-state index in [9.17, 15) is 9.18 Å². The Hall–Kier alpha value is -2.27. The van der Waals surface area contributed by atoms with Gasteiger partial charge in [0.15, 0.2) is 0 Å². The molecule has 24 heavy (non-hydrogen) atoms. The lowest BCUT2D eigenvalue weighted by molar-refractivity contribution is -0.127. The van der Waals surface area contributed by atoms with Crippen LogP contribution in [0.3, 0.4) is 0 Å². The number of amides is 1. The largest absolute Gasteiger partial charge is 0.381 e. The van der Waals surface area contributed by atoms with Crippen LogP contribution in [0, 0.1) is 5.82 Å². The van der Waals surface area contributed by atoms with E-state index >= 15 is 0 Å². The van der Waals surface area contributed by atoms with E-state index in [-0.39, 0.29) is 11.7 Å². The fourth-order valence-electron chi connectivity index (χ4n) is 3.83. The van der Waals surface area contributed by atoms with Crippen LogP contribution in [0.5, 0.6) is 0 Å². The van der Waals surface area contributed by atoms with Gasteiger partial charge in [-0.2, -0.15) is 0 Å². The van der Waals surface area contributed by atoms with Crippen LogP contribution in [0.2, 0.25) is 0 Å². The van der Waals surface area contributed by atoms with Crippen LogP contribution in [0.4, 0.5) is 10.1 Å². The van der Waals surface area contributed by atoms with Gasteiger partial charge in [-0.3, -0.25) is 9.78 Å². The summed E-state index contributed by atoms with van der Waals surface area (Å²) in [5.74, 6) is -0.265. The van der Waals surface area contributed by atoms with E-state index < -0.39 is 5.41 Å². The number of halogens is 1. The second kappa shape index (κ2) is 5.98. The van der Waals surface area contributed by atoms with Gasteiger partial charge < -0.3 is 9.64 Å². The third kappa shape index (κ3) is 2.40. The van der Waals surface area contributed by atoms with Gasteiger partial charge in [0.1, 0.15) is 5.82 Å². The normalized spacial score (nSPS) is 19.1. The van der Waals surface area contributed by atoms with Crippen molar-refractivity contribution in [2.45, 2.75) is 24.7 Å². The molecule has 0 bridgehead atoms. The minimum atomic E-state index is -0.717. The van der Waals surface area contributed by atoms with Gasteiger partial charge in [-0.1, -0.05) is 12.1 Å². The van der Waals surface area contributed by atoms with Crippen LogP contribution in [0.25, 0.3) is 0 Å². The molecule has 0 atom stereocenters. The van der Waals surface area contributed by atoms with Gasteiger partial charge in [-0.15, -0.1) is 0 Å². The number of ether oxygens (including phenoxy) is 1. The van der Waals surface area contributed by atoms with Crippen molar-refractivity contribution in [2.24, 2.45) is 0 Å². The van der Waals surface area contributed by atoms with Gasteiger partial charge in [0, 0.05) is 37.8 Å². The van der Waals surface area contributed by atoms with Crippen LogP contribution < -0.4 is 4.90 Å². The fourth-order valence-corrected chi connectivity index (χ4v) is 3.83. The number of fused-ring (bicyclic) bond motifs is 1. The molecule has 5 heteroatoms. The number of nitrogens with zero attached hydrogens (tertiary/aromatic N) is 2. The van der Waals surface area contributed by atoms with Gasteiger partial charge in [0.25, 0.3) is 0 Å². The van der Waals surface area contributed by atoms with E-state index in [4.69, 9.17) is 4.74 Å². The summed E-state index contributed by atoms with van der Waals surface area (Å²) < 4.78 is 19.3. The number of benzene rings is 1. The highest BCUT2D eigenvalue weighted by atomic mass is 19.1. The Labute approximate surface area is 140 Å². The van der Waals surface area contributed by atoms with E-state index in [2.05, 4.69) is 4.98 Å². The molecule has 1 amide bonds. The molecule has 0 radical (unpaired) electrons. The van der Waals surface area contributed by atoms with Crippen molar-refractivity contribution >= 4 is 11.6 Å². The molecule has 1 saturated heterocycles. The summed E-state index contributed by atoms with van der Waals surface area (Å²) in [6.07, 6.45) is 5.49. The van der Waals surface area contributed by atoms with Crippen molar-refractivity contribution in [3.05, 3.63) is 59.7 Å². The first kappa shape index (κ1) is 15.3. The average Bonchev–Trinajstić information content (AvgIpc) is 3.06. The summed E-state index contributed by atoms with van der Waals surface area (Å²) >= 11 is 0. The van der Waals surface area contributed by atoms with E-state index in [1.807, 2.05) is 23.2 Å². The summed E-state index contributed by atoms with van der Waals surface area (Å²) in [5.41, 5.74) is 2.05. The second-order valence-electron chi connectivity index (χ2n) is 6.42. The summed E-state index contributed by atoms with van der Waals surface area (Å²) in [7, 11) is 0. The first-order valence-electron chi connectivity index (χ1n) is 8.29. The van der Waals surface area contributed by atoms with Gasteiger partial charge >= 0.3 is 0 Å². The Morgan fingerprint density at radius 3 is 2.88 bits per heavy atom. The molecule has 0 aliphatic carbocycles. The molecule has 1 aromatic carbocycles. The molecule has 2 aromatic rings. The van der Waals surface area contributed by atoms with Crippen molar-refractivity contribution < 1.29 is 13.9 Å². The molecule has 4 rings (SSSR count). The highest BCUT2D eigenvalue weighted by Gasteiger charge is 2.45. The van der Waals surface area contributed by atoms with Crippen LogP contribution in [-0.4, -0.2) is 30.6 Å². The van der Waals surface area contributed by atoms with Gasteiger partial charge in [0.2, 0.25) is 5.91 Å². The minimum Gasteiger partial charge on any atom is -0.381 e. The predicted octanol–water partition coefficient (Wildman–Crippen LogP) is 2.86. The van der Waals surface area contributed by atoms with Crippen LogP contribution in [-0.2, 0) is 21.4 Å². The number of aromatic nitrogens is 1. The molecule has 1 fully saturated rings. The predicted molar refractivity (Wildman–Crippen MR) is 88.4 cm³/mol. The lowest BCUT2D eigenvalue weighted by Gasteiger charge is -2.39. The number of carbonyl (C=O) groups is 1. The van der Waals surface area contributed by atoms with E-state index in [0.717, 1.165) is 23.2 Å². The van der Waals surface area contributed by atoms with Crippen molar-refractivity contribution in [1.82, 2.24) is 4.98 Å². The molecule has 0 unspecified atom stereocenters. The Bertz CT molecular complexity index is 771. The SMILES string of the molecule is O=C(N1CCc2cnccc21)C1(c2cccc(F)c2)CCOCC1. The summed E-state index contributed by atoms with van der Waals surface area (Å²) in [6.45, 7) is 1.68. The number of pyridine rings is 1. The lowest BCUT2D eigenvalue weighted by Crippen LogP contribution is -2.49. The van der Waals surface area contributed by atoms with E-state index in [1.165, 1.54) is 12.1 Å². The number of hydrogen-bond acceptors (Lipinski definition) is 3. The molecule has 0 saturated carbocycles. The molecule has 124 valence electrons. The topological polar surface area (TPSA) is 42.4 Å². The van der Waals surface area contributed by atoms with Crippen molar-refractivity contribution in [3.63, 3.8) is 0 Å². The standard InChI is InChI=1S/C19H19FN2O2/c20-16-3-1-2-15(12-16)19(6-10-24-11-7-19)18(23)22-9-5-14-13-21-8-4-17(14)22/h1-4,8,12-13H,5-7,9-11H2. The Morgan fingerprint density at radius 1 is 1.25 bits per heavy atom. The maximum Gasteiger partial charge on any atom is 0.237 e. The number of anilines is 1. The molecular formula is C19H19FN2O2. The third-order valence-corrected chi connectivity index (χ3v) is 5.15. The second-order valence-corrected chi connectivity index (χ2v) is 6.42. The molecular weight excluding hydrogens is 307 g/mol. The molecule has 1 aromatic heterocycles. The van der Waals surface area contributed by atoms with Gasteiger partial charge in [-0.05, 0) is 48.6 Å². The smallest absolute Gasteiger partial charge is 0.237 e. The molecule has 2 aliphatic heterocycles. The molecule has 4 nitrogen and oxygen atoms in total. The summed E-state index contributed by atoms with van der Waals surface area (Å²) in [5, 5.41) is 0. The fraction of sp³-hybridized carbons (Fsp3) is 0.368. The maximum atomic E-state index is 13.8. The van der Waals surface area contributed by atoms with Gasteiger partial charge in [0.05, 0.1) is 5.41 Å². The maximum absolute atomic E-state index is 13.8. The van der Waals surface area contributed by atoms with Crippen LogP contribution in [0.1, 0.15) is 24.0 Å². The zero-order valence-electron chi connectivity index (χ0n) is 13.4. The number of hydrogen-bond donors (Lipinski definition) is 0. The quantitative estimate of drug-likeness (QED) is 0.852. The van der Waals surface area contributed by atoms with Crippen molar-refractivity contribution in [1.29, 1.82) is 0 Å². The zero-order valence-corrected chi connectivity index (χ0v) is 13.4. The minimum absolute atomic E-state index is 0.0429. The number of rotatable bonds is 2. The molecule has 2 aliphatic rings. The van der Waals surface area contributed by atoms with E-state index in [0.29, 0.717) is 32.6 Å². The zero-order chi connectivity index (χ0) is 16.6. The third-order valence-electron chi connectivity index (χ3n) is 5.15. The van der Waals surface area contributed by atoms with Crippen LogP contribution in [0.15, 0.2) is 42.7 Å². The van der Waals surface area contributed by atoms with Crippen LogP contribution >= 0.6 is 0 Å². The first-order chi connectivity index (χ1) is 11.7. The Kier molecular flexibility index (Phi) is 3.81. The average molecular weight is 326 g/mol. The van der Waals surface area contributed by atoms with E-state index in [1.54, 1.807) is 12.3 Å². The molecule has 0 N–H and O–H groups in total.